The van der Waals surface area contributed by atoms with Gasteiger partial charge < -0.3 is 5.32 Å². The predicted octanol–water partition coefficient (Wildman–Crippen LogP) is 3.97. The highest BCUT2D eigenvalue weighted by Gasteiger charge is 2.38. The van der Waals surface area contributed by atoms with Gasteiger partial charge in [-0.25, -0.2) is 0 Å². The highest BCUT2D eigenvalue weighted by atomic mass is 79.9. The van der Waals surface area contributed by atoms with Gasteiger partial charge in [0.15, 0.2) is 0 Å². The van der Waals surface area contributed by atoms with Crippen LogP contribution in [0.4, 0.5) is 0 Å². The summed E-state index contributed by atoms with van der Waals surface area (Å²) in [5.74, 6) is 0.740. The Labute approximate surface area is 131 Å². The molecule has 1 saturated heterocycles. The SMILES string of the molecule is CNCC1CCCCN(C2CC2)C1c1ccc(Br)cc1. The number of hydrogen-bond donors (Lipinski definition) is 1. The molecule has 110 valence electrons. The third kappa shape index (κ3) is 3.26. The van der Waals surface area contributed by atoms with Crippen LogP contribution in [0.2, 0.25) is 0 Å². The highest BCUT2D eigenvalue weighted by Crippen LogP contribution is 2.41. The minimum atomic E-state index is 0.602. The summed E-state index contributed by atoms with van der Waals surface area (Å²) in [5, 5.41) is 3.42. The van der Waals surface area contributed by atoms with Crippen molar-refractivity contribution in [3.63, 3.8) is 0 Å². The molecule has 20 heavy (non-hydrogen) atoms. The molecule has 0 spiro atoms. The largest absolute Gasteiger partial charge is 0.319 e. The normalized spacial score (nSPS) is 28.3. The first kappa shape index (κ1) is 14.6. The fraction of sp³-hybridized carbons (Fsp3) is 0.647. The van der Waals surface area contributed by atoms with Crippen molar-refractivity contribution >= 4 is 15.9 Å². The van der Waals surface area contributed by atoms with E-state index >= 15 is 0 Å². The Bertz CT molecular complexity index is 427. The van der Waals surface area contributed by atoms with Gasteiger partial charge in [-0.2, -0.15) is 0 Å². The molecule has 2 atom stereocenters. The zero-order valence-electron chi connectivity index (χ0n) is 12.3. The molecule has 0 radical (unpaired) electrons. The molecule has 1 aliphatic heterocycles. The number of benzene rings is 1. The number of halogens is 1. The van der Waals surface area contributed by atoms with E-state index in [0.29, 0.717) is 6.04 Å². The molecule has 2 nitrogen and oxygen atoms in total. The van der Waals surface area contributed by atoms with Crippen molar-refractivity contribution < 1.29 is 0 Å². The molecule has 2 unspecified atom stereocenters. The molecule has 0 aromatic heterocycles. The van der Waals surface area contributed by atoms with Gasteiger partial charge in [-0.05, 0) is 69.4 Å². The zero-order valence-corrected chi connectivity index (χ0v) is 13.9. The first-order valence-electron chi connectivity index (χ1n) is 7.95. The lowest BCUT2D eigenvalue weighted by Gasteiger charge is -2.36. The molecule has 2 aliphatic rings. The number of nitrogens with zero attached hydrogens (tertiary/aromatic N) is 1. The number of likely N-dealkylation sites (tertiary alicyclic amines) is 1. The van der Waals surface area contributed by atoms with Crippen LogP contribution in [0, 0.1) is 5.92 Å². The van der Waals surface area contributed by atoms with Gasteiger partial charge in [0.1, 0.15) is 0 Å². The standard InChI is InChI=1S/C17H25BrN2/c1-19-12-14-4-2-3-11-20(16-9-10-16)17(14)13-5-7-15(18)8-6-13/h5-8,14,16-17,19H,2-4,9-12H2,1H3. The number of nitrogens with one attached hydrogen (secondary N) is 1. The summed E-state index contributed by atoms with van der Waals surface area (Å²) in [7, 11) is 2.09. The van der Waals surface area contributed by atoms with Crippen molar-refractivity contribution in [3.05, 3.63) is 34.3 Å². The van der Waals surface area contributed by atoms with Crippen molar-refractivity contribution in [3.8, 4) is 0 Å². The Hall–Kier alpha value is -0.380. The van der Waals surface area contributed by atoms with Crippen molar-refractivity contribution in [1.82, 2.24) is 10.2 Å². The third-order valence-corrected chi connectivity index (χ3v) is 5.27. The van der Waals surface area contributed by atoms with E-state index in [0.717, 1.165) is 18.5 Å². The Kier molecular flexibility index (Phi) is 4.79. The Morgan fingerprint density at radius 3 is 2.55 bits per heavy atom. The van der Waals surface area contributed by atoms with Gasteiger partial charge in [-0.15, -0.1) is 0 Å². The lowest BCUT2D eigenvalue weighted by atomic mass is 9.89. The monoisotopic (exact) mass is 336 g/mol. The smallest absolute Gasteiger partial charge is 0.0391 e. The summed E-state index contributed by atoms with van der Waals surface area (Å²) in [6, 6.07) is 10.5. The topological polar surface area (TPSA) is 15.3 Å². The molecule has 0 amide bonds. The van der Waals surface area contributed by atoms with Crippen molar-refractivity contribution in [2.75, 3.05) is 20.1 Å². The van der Waals surface area contributed by atoms with Gasteiger partial charge in [0.05, 0.1) is 0 Å². The van der Waals surface area contributed by atoms with E-state index in [-0.39, 0.29) is 0 Å². The third-order valence-electron chi connectivity index (χ3n) is 4.74. The van der Waals surface area contributed by atoms with Crippen LogP contribution in [-0.4, -0.2) is 31.1 Å². The summed E-state index contributed by atoms with van der Waals surface area (Å²) in [5.41, 5.74) is 1.50. The molecule has 1 saturated carbocycles. The van der Waals surface area contributed by atoms with E-state index in [9.17, 15) is 0 Å². The molecule has 2 fully saturated rings. The fourth-order valence-electron chi connectivity index (χ4n) is 3.68. The molecule has 1 aliphatic carbocycles. The highest BCUT2D eigenvalue weighted by molar-refractivity contribution is 9.10. The Morgan fingerprint density at radius 1 is 1.15 bits per heavy atom. The van der Waals surface area contributed by atoms with Gasteiger partial charge in [-0.3, -0.25) is 4.90 Å². The molecule has 1 N–H and O–H groups in total. The molecule has 0 bridgehead atoms. The van der Waals surface area contributed by atoms with Gasteiger partial charge in [-0.1, -0.05) is 34.5 Å². The maximum absolute atomic E-state index is 3.56. The van der Waals surface area contributed by atoms with Gasteiger partial charge in [0.2, 0.25) is 0 Å². The second kappa shape index (κ2) is 6.59. The minimum Gasteiger partial charge on any atom is -0.319 e. The van der Waals surface area contributed by atoms with E-state index < -0.39 is 0 Å². The van der Waals surface area contributed by atoms with Gasteiger partial charge in [0.25, 0.3) is 0 Å². The van der Waals surface area contributed by atoms with Crippen LogP contribution < -0.4 is 5.32 Å². The molecular formula is C17H25BrN2. The average molecular weight is 337 g/mol. The molecule has 1 heterocycles. The Morgan fingerprint density at radius 2 is 1.90 bits per heavy atom. The van der Waals surface area contributed by atoms with Crippen molar-refractivity contribution in [1.29, 1.82) is 0 Å². The van der Waals surface area contributed by atoms with E-state index in [1.807, 2.05) is 0 Å². The molecule has 3 rings (SSSR count). The molecule has 3 heteroatoms. The van der Waals surface area contributed by atoms with Crippen molar-refractivity contribution in [2.24, 2.45) is 5.92 Å². The summed E-state index contributed by atoms with van der Waals surface area (Å²) >= 11 is 3.56. The molecular weight excluding hydrogens is 312 g/mol. The zero-order chi connectivity index (χ0) is 13.9. The number of hydrogen-bond acceptors (Lipinski definition) is 2. The van der Waals surface area contributed by atoms with Gasteiger partial charge >= 0.3 is 0 Å². The fourth-order valence-corrected chi connectivity index (χ4v) is 3.95. The molecule has 1 aromatic carbocycles. The lowest BCUT2D eigenvalue weighted by Crippen LogP contribution is -2.37. The quantitative estimate of drug-likeness (QED) is 0.894. The second-order valence-electron chi connectivity index (χ2n) is 6.28. The Balaban J connectivity index is 1.90. The van der Waals surface area contributed by atoms with Crippen LogP contribution in [0.5, 0.6) is 0 Å². The maximum atomic E-state index is 3.56. The van der Waals surface area contributed by atoms with E-state index in [4.69, 9.17) is 0 Å². The van der Waals surface area contributed by atoms with E-state index in [2.05, 4.69) is 57.5 Å². The summed E-state index contributed by atoms with van der Waals surface area (Å²) in [6.45, 7) is 2.41. The minimum absolute atomic E-state index is 0.602. The average Bonchev–Trinajstić information content (AvgIpc) is 3.26. The van der Waals surface area contributed by atoms with Crippen LogP contribution in [0.25, 0.3) is 0 Å². The van der Waals surface area contributed by atoms with Crippen LogP contribution in [-0.2, 0) is 0 Å². The van der Waals surface area contributed by atoms with E-state index in [1.165, 1.54) is 48.7 Å². The number of rotatable bonds is 4. The van der Waals surface area contributed by atoms with Gasteiger partial charge in [0, 0.05) is 16.6 Å². The first-order valence-corrected chi connectivity index (χ1v) is 8.74. The van der Waals surface area contributed by atoms with Crippen LogP contribution >= 0.6 is 15.9 Å². The predicted molar refractivity (Wildman–Crippen MR) is 87.9 cm³/mol. The molecule has 1 aromatic rings. The first-order chi connectivity index (χ1) is 9.79. The lowest BCUT2D eigenvalue weighted by molar-refractivity contribution is 0.145. The van der Waals surface area contributed by atoms with Crippen LogP contribution in [0.1, 0.15) is 43.7 Å². The van der Waals surface area contributed by atoms with Crippen molar-refractivity contribution in [2.45, 2.75) is 44.2 Å². The van der Waals surface area contributed by atoms with Crippen LogP contribution in [0.3, 0.4) is 0 Å². The maximum Gasteiger partial charge on any atom is 0.0391 e. The summed E-state index contributed by atoms with van der Waals surface area (Å²) < 4.78 is 1.18. The summed E-state index contributed by atoms with van der Waals surface area (Å²) in [6.07, 6.45) is 6.90. The second-order valence-corrected chi connectivity index (χ2v) is 7.19. The summed E-state index contributed by atoms with van der Waals surface area (Å²) in [4.78, 5) is 2.80. The van der Waals surface area contributed by atoms with E-state index in [1.54, 1.807) is 0 Å². The van der Waals surface area contributed by atoms with Crippen LogP contribution in [0.15, 0.2) is 28.7 Å².